The molecule has 1 aromatic carbocycles. The summed E-state index contributed by atoms with van der Waals surface area (Å²) in [5.41, 5.74) is 2.13. The third-order valence-electron chi connectivity index (χ3n) is 3.22. The van der Waals surface area contributed by atoms with Crippen LogP contribution < -0.4 is 5.32 Å². The number of hydrogen-bond acceptors (Lipinski definition) is 2. The first-order valence-corrected chi connectivity index (χ1v) is 7.66. The average Bonchev–Trinajstić information content (AvgIpc) is 2.91. The molecule has 0 saturated carbocycles. The average molecular weight is 340 g/mol. The topological polar surface area (TPSA) is 29.9 Å². The van der Waals surface area contributed by atoms with Gasteiger partial charge in [-0.2, -0.15) is 5.10 Å². The van der Waals surface area contributed by atoms with Crippen molar-refractivity contribution in [3.8, 4) is 0 Å². The van der Waals surface area contributed by atoms with Gasteiger partial charge in [0.15, 0.2) is 0 Å². The summed E-state index contributed by atoms with van der Waals surface area (Å²) >= 11 is 3.26. The predicted molar refractivity (Wildman–Crippen MR) is 82.1 cm³/mol. The van der Waals surface area contributed by atoms with Gasteiger partial charge in [-0.3, -0.25) is 4.68 Å². The highest BCUT2D eigenvalue weighted by atomic mass is 79.9. The Bertz CT molecular complexity index is 568. The zero-order valence-corrected chi connectivity index (χ0v) is 13.3. The fourth-order valence-corrected chi connectivity index (χ4v) is 2.62. The molecule has 2 aromatic rings. The van der Waals surface area contributed by atoms with Crippen LogP contribution in [0.15, 0.2) is 34.9 Å². The van der Waals surface area contributed by atoms with Crippen molar-refractivity contribution >= 4 is 15.9 Å². The van der Waals surface area contributed by atoms with E-state index in [1.807, 2.05) is 22.9 Å². The molecular weight excluding hydrogens is 321 g/mol. The van der Waals surface area contributed by atoms with Crippen LogP contribution in [0.1, 0.15) is 37.6 Å². The van der Waals surface area contributed by atoms with E-state index in [0.29, 0.717) is 4.47 Å². The van der Waals surface area contributed by atoms with Crippen molar-refractivity contribution < 1.29 is 4.39 Å². The van der Waals surface area contributed by atoms with Gasteiger partial charge in [0.25, 0.3) is 0 Å². The van der Waals surface area contributed by atoms with Crippen molar-refractivity contribution in [1.29, 1.82) is 0 Å². The van der Waals surface area contributed by atoms with Crippen LogP contribution in [0, 0.1) is 5.82 Å². The Kier molecular flexibility index (Phi) is 5.31. The van der Waals surface area contributed by atoms with E-state index >= 15 is 0 Å². The zero-order valence-electron chi connectivity index (χ0n) is 11.7. The van der Waals surface area contributed by atoms with Crippen molar-refractivity contribution in [2.24, 2.45) is 0 Å². The molecule has 0 amide bonds. The van der Waals surface area contributed by atoms with Gasteiger partial charge in [0, 0.05) is 12.7 Å². The summed E-state index contributed by atoms with van der Waals surface area (Å²) in [5, 5.41) is 7.83. The normalized spacial score (nSPS) is 12.6. The van der Waals surface area contributed by atoms with E-state index in [2.05, 4.69) is 40.2 Å². The van der Waals surface area contributed by atoms with E-state index in [0.717, 1.165) is 30.8 Å². The number of aryl methyl sites for hydroxylation is 1. The first-order valence-electron chi connectivity index (χ1n) is 6.87. The molecule has 1 heterocycles. The highest BCUT2D eigenvalue weighted by Crippen LogP contribution is 2.26. The Hall–Kier alpha value is -1.20. The number of benzene rings is 1. The number of hydrogen-bond donors (Lipinski definition) is 1. The van der Waals surface area contributed by atoms with Gasteiger partial charge in [0.2, 0.25) is 0 Å². The Morgan fingerprint density at radius 1 is 1.35 bits per heavy atom. The van der Waals surface area contributed by atoms with Gasteiger partial charge in [-0.05, 0) is 59.6 Å². The molecule has 1 atom stereocenters. The monoisotopic (exact) mass is 339 g/mol. The third kappa shape index (κ3) is 3.27. The van der Waals surface area contributed by atoms with E-state index in [4.69, 9.17) is 0 Å². The van der Waals surface area contributed by atoms with Gasteiger partial charge in [-0.25, -0.2) is 4.39 Å². The van der Waals surface area contributed by atoms with Gasteiger partial charge in [0.05, 0.1) is 16.2 Å². The highest BCUT2D eigenvalue weighted by Gasteiger charge is 2.18. The van der Waals surface area contributed by atoms with Crippen LogP contribution in [0.2, 0.25) is 0 Å². The van der Waals surface area contributed by atoms with Gasteiger partial charge >= 0.3 is 0 Å². The molecule has 20 heavy (non-hydrogen) atoms. The number of nitrogens with zero attached hydrogens (tertiary/aromatic N) is 2. The standard InChI is InChI=1S/C15H19BrFN3/c1-3-8-18-15(14-7-9-19-20(14)4-2)11-5-6-13(17)12(16)10-11/h5-7,9-10,15,18H,3-4,8H2,1-2H3. The molecule has 0 aliphatic heterocycles. The Labute approximate surface area is 127 Å². The third-order valence-corrected chi connectivity index (χ3v) is 3.83. The number of aromatic nitrogens is 2. The molecule has 5 heteroatoms. The van der Waals surface area contributed by atoms with Gasteiger partial charge in [-0.15, -0.1) is 0 Å². The van der Waals surface area contributed by atoms with E-state index < -0.39 is 0 Å². The Morgan fingerprint density at radius 2 is 2.15 bits per heavy atom. The van der Waals surface area contributed by atoms with E-state index in [1.54, 1.807) is 6.20 Å². The summed E-state index contributed by atoms with van der Waals surface area (Å²) in [6, 6.07) is 7.17. The van der Waals surface area contributed by atoms with Crippen LogP contribution in [-0.4, -0.2) is 16.3 Å². The van der Waals surface area contributed by atoms with E-state index in [1.165, 1.54) is 6.07 Å². The minimum atomic E-state index is -0.244. The summed E-state index contributed by atoms with van der Waals surface area (Å²) in [5.74, 6) is -0.244. The lowest BCUT2D eigenvalue weighted by atomic mass is 10.0. The summed E-state index contributed by atoms with van der Waals surface area (Å²) in [6.07, 6.45) is 2.84. The lowest BCUT2D eigenvalue weighted by Gasteiger charge is -2.20. The zero-order chi connectivity index (χ0) is 14.5. The van der Waals surface area contributed by atoms with Crippen molar-refractivity contribution in [2.75, 3.05) is 6.54 Å². The lowest BCUT2D eigenvalue weighted by Crippen LogP contribution is -2.25. The minimum absolute atomic E-state index is 0.0225. The minimum Gasteiger partial charge on any atom is -0.305 e. The first kappa shape index (κ1) is 15.2. The molecule has 1 N–H and O–H groups in total. The molecule has 0 bridgehead atoms. The molecular formula is C15H19BrFN3. The Morgan fingerprint density at radius 3 is 2.80 bits per heavy atom. The first-order chi connectivity index (χ1) is 9.67. The molecule has 0 radical (unpaired) electrons. The van der Waals surface area contributed by atoms with Gasteiger partial charge < -0.3 is 5.32 Å². The second-order valence-electron chi connectivity index (χ2n) is 4.63. The molecule has 0 aliphatic rings. The smallest absolute Gasteiger partial charge is 0.137 e. The molecule has 2 rings (SSSR count). The molecule has 1 aromatic heterocycles. The largest absolute Gasteiger partial charge is 0.305 e. The quantitative estimate of drug-likeness (QED) is 0.865. The summed E-state index contributed by atoms with van der Waals surface area (Å²) < 4.78 is 15.9. The fourth-order valence-electron chi connectivity index (χ4n) is 2.23. The number of halogens is 2. The molecule has 0 spiro atoms. The predicted octanol–water partition coefficient (Wildman–Crippen LogP) is 3.89. The van der Waals surface area contributed by atoms with Crippen LogP contribution in [0.25, 0.3) is 0 Å². The lowest BCUT2D eigenvalue weighted by molar-refractivity contribution is 0.528. The van der Waals surface area contributed by atoms with Crippen molar-refractivity contribution in [3.63, 3.8) is 0 Å². The molecule has 0 saturated heterocycles. The molecule has 3 nitrogen and oxygen atoms in total. The number of nitrogens with one attached hydrogen (secondary N) is 1. The molecule has 108 valence electrons. The second kappa shape index (κ2) is 6.99. The maximum atomic E-state index is 13.4. The summed E-state index contributed by atoms with van der Waals surface area (Å²) in [6.45, 7) is 5.90. The summed E-state index contributed by atoms with van der Waals surface area (Å²) in [7, 11) is 0. The van der Waals surface area contributed by atoms with Crippen molar-refractivity contribution in [1.82, 2.24) is 15.1 Å². The van der Waals surface area contributed by atoms with Crippen LogP contribution in [0.4, 0.5) is 4.39 Å². The van der Waals surface area contributed by atoms with Crippen LogP contribution in [0.5, 0.6) is 0 Å². The van der Waals surface area contributed by atoms with Crippen LogP contribution >= 0.6 is 15.9 Å². The second-order valence-corrected chi connectivity index (χ2v) is 5.49. The number of rotatable bonds is 6. The van der Waals surface area contributed by atoms with Crippen molar-refractivity contribution in [3.05, 3.63) is 52.0 Å². The van der Waals surface area contributed by atoms with Crippen molar-refractivity contribution in [2.45, 2.75) is 32.9 Å². The maximum Gasteiger partial charge on any atom is 0.137 e. The molecule has 0 fully saturated rings. The van der Waals surface area contributed by atoms with Crippen LogP contribution in [0.3, 0.4) is 0 Å². The SMILES string of the molecule is CCCNC(c1ccc(F)c(Br)c1)c1ccnn1CC. The Balaban J connectivity index is 2.38. The van der Waals surface area contributed by atoms with Gasteiger partial charge in [0.1, 0.15) is 5.82 Å². The van der Waals surface area contributed by atoms with Crippen LogP contribution in [-0.2, 0) is 6.54 Å². The van der Waals surface area contributed by atoms with E-state index in [-0.39, 0.29) is 11.9 Å². The fraction of sp³-hybridized carbons (Fsp3) is 0.400. The maximum absolute atomic E-state index is 13.4. The van der Waals surface area contributed by atoms with Gasteiger partial charge in [-0.1, -0.05) is 13.0 Å². The molecule has 0 aliphatic carbocycles. The van der Waals surface area contributed by atoms with E-state index in [9.17, 15) is 4.39 Å². The molecule has 1 unspecified atom stereocenters. The summed E-state index contributed by atoms with van der Waals surface area (Å²) in [4.78, 5) is 0. The highest BCUT2D eigenvalue weighted by molar-refractivity contribution is 9.10.